The molecule has 0 unspecified atom stereocenters. The van der Waals surface area contributed by atoms with Crippen molar-refractivity contribution in [2.24, 2.45) is 0 Å². The third-order valence-corrected chi connectivity index (χ3v) is 7.10. The fraction of sp³-hybridized carbons (Fsp3) is 0.529. The molecule has 0 radical (unpaired) electrons. The number of hydrogen-bond donors (Lipinski definition) is 1. The van der Waals surface area contributed by atoms with Crippen LogP contribution in [0.3, 0.4) is 0 Å². The zero-order valence-corrected chi connectivity index (χ0v) is 15.6. The van der Waals surface area contributed by atoms with E-state index in [1.165, 1.54) is 77.7 Å². The Balaban J connectivity index is 1.42. The van der Waals surface area contributed by atoms with E-state index in [4.69, 9.17) is 4.42 Å². The van der Waals surface area contributed by atoms with Crippen LogP contribution in [0, 0.1) is 0 Å². The number of fused-ring (bicyclic) bond motifs is 3. The lowest BCUT2D eigenvalue weighted by molar-refractivity contribution is -0.902. The SMILES string of the molecule is c1nc(Sc2nnc(C[NH+]3CCCC3)o2)c2c3c(sc2n1)CCCC3. The minimum atomic E-state index is 0.587. The number of nitrogens with zero attached hydrogens (tertiary/aromatic N) is 4. The van der Waals surface area contributed by atoms with Crippen LogP contribution in [-0.2, 0) is 19.4 Å². The second-order valence-electron chi connectivity index (χ2n) is 6.77. The lowest BCUT2D eigenvalue weighted by Gasteiger charge is -2.10. The van der Waals surface area contributed by atoms with E-state index >= 15 is 0 Å². The first-order valence-corrected chi connectivity index (χ1v) is 10.6. The molecule has 1 aliphatic heterocycles. The Hall–Kier alpha value is -1.51. The van der Waals surface area contributed by atoms with Crippen molar-refractivity contribution in [2.45, 2.75) is 55.3 Å². The predicted octanol–water partition coefficient (Wildman–Crippen LogP) is 2.28. The molecule has 3 aromatic heterocycles. The van der Waals surface area contributed by atoms with E-state index < -0.39 is 0 Å². The summed E-state index contributed by atoms with van der Waals surface area (Å²) in [5.41, 5.74) is 1.44. The number of likely N-dealkylation sites (tertiary alicyclic amines) is 1. The molecule has 2 aliphatic rings. The zero-order chi connectivity index (χ0) is 16.6. The fourth-order valence-corrected chi connectivity index (χ4v) is 5.94. The summed E-state index contributed by atoms with van der Waals surface area (Å²) >= 11 is 3.30. The molecule has 0 bridgehead atoms. The van der Waals surface area contributed by atoms with Gasteiger partial charge in [0.1, 0.15) is 16.2 Å². The van der Waals surface area contributed by atoms with Crippen molar-refractivity contribution in [3.8, 4) is 0 Å². The van der Waals surface area contributed by atoms with Crippen LogP contribution in [0.15, 0.2) is 21.0 Å². The van der Waals surface area contributed by atoms with Crippen LogP contribution in [0.4, 0.5) is 0 Å². The molecule has 1 saturated heterocycles. The van der Waals surface area contributed by atoms with Crippen molar-refractivity contribution >= 4 is 33.3 Å². The molecule has 130 valence electrons. The van der Waals surface area contributed by atoms with E-state index in [2.05, 4.69) is 20.2 Å². The Kier molecular flexibility index (Phi) is 4.19. The number of rotatable bonds is 4. The molecule has 0 amide bonds. The predicted molar refractivity (Wildman–Crippen MR) is 96.1 cm³/mol. The van der Waals surface area contributed by atoms with Gasteiger partial charge in [0.15, 0.2) is 6.54 Å². The van der Waals surface area contributed by atoms with Crippen LogP contribution >= 0.6 is 23.1 Å². The number of nitrogens with one attached hydrogen (secondary N) is 1. The van der Waals surface area contributed by atoms with Gasteiger partial charge >= 0.3 is 0 Å². The Morgan fingerprint density at radius 2 is 1.96 bits per heavy atom. The minimum absolute atomic E-state index is 0.587. The molecule has 1 aliphatic carbocycles. The molecular weight excluding hydrogens is 354 g/mol. The first kappa shape index (κ1) is 15.7. The number of aromatic nitrogens is 4. The first-order valence-electron chi connectivity index (χ1n) is 8.96. The van der Waals surface area contributed by atoms with Crippen LogP contribution < -0.4 is 4.90 Å². The molecule has 25 heavy (non-hydrogen) atoms. The second-order valence-corrected chi connectivity index (χ2v) is 8.79. The van der Waals surface area contributed by atoms with Crippen molar-refractivity contribution in [3.63, 3.8) is 0 Å². The Morgan fingerprint density at radius 1 is 1.08 bits per heavy atom. The summed E-state index contributed by atoms with van der Waals surface area (Å²) in [5, 5.41) is 11.2. The molecule has 8 heteroatoms. The van der Waals surface area contributed by atoms with Gasteiger partial charge in [-0.15, -0.1) is 21.5 Å². The summed E-state index contributed by atoms with van der Waals surface area (Å²) in [7, 11) is 0. The van der Waals surface area contributed by atoms with Crippen molar-refractivity contribution in [1.82, 2.24) is 20.2 Å². The summed E-state index contributed by atoms with van der Waals surface area (Å²) in [5.74, 6) is 0.733. The van der Waals surface area contributed by atoms with E-state index in [-0.39, 0.29) is 0 Å². The van der Waals surface area contributed by atoms with E-state index in [9.17, 15) is 0 Å². The van der Waals surface area contributed by atoms with Crippen molar-refractivity contribution in [2.75, 3.05) is 13.1 Å². The average Bonchev–Trinajstić information content (AvgIpc) is 3.35. The Labute approximate surface area is 154 Å². The van der Waals surface area contributed by atoms with Gasteiger partial charge in [-0.25, -0.2) is 9.97 Å². The van der Waals surface area contributed by atoms with Gasteiger partial charge in [-0.3, -0.25) is 0 Å². The van der Waals surface area contributed by atoms with Crippen molar-refractivity contribution in [3.05, 3.63) is 22.7 Å². The van der Waals surface area contributed by atoms with Crippen LogP contribution in [-0.4, -0.2) is 33.3 Å². The molecule has 3 aromatic rings. The van der Waals surface area contributed by atoms with Crippen molar-refractivity contribution in [1.29, 1.82) is 0 Å². The maximum atomic E-state index is 5.88. The van der Waals surface area contributed by atoms with Gasteiger partial charge in [0, 0.05) is 23.1 Å². The number of aryl methyl sites for hydroxylation is 2. The van der Waals surface area contributed by atoms with Gasteiger partial charge in [0.2, 0.25) is 0 Å². The van der Waals surface area contributed by atoms with E-state index in [1.54, 1.807) is 6.33 Å². The van der Waals surface area contributed by atoms with Crippen LogP contribution in [0.1, 0.15) is 42.0 Å². The van der Waals surface area contributed by atoms with Crippen LogP contribution in [0.5, 0.6) is 0 Å². The standard InChI is InChI=1S/C17H19N5OS2/c1-2-6-12-11(5-1)14-15(24-12)18-10-19-16(14)25-17-21-20-13(23-17)9-22-7-3-4-8-22/h10H,1-9H2/p+1. The summed E-state index contributed by atoms with van der Waals surface area (Å²) in [6.07, 6.45) is 9.08. The average molecular weight is 375 g/mol. The maximum Gasteiger partial charge on any atom is 0.283 e. The number of thiophene rings is 1. The molecule has 4 heterocycles. The molecule has 0 spiro atoms. The lowest BCUT2D eigenvalue weighted by atomic mass is 9.97. The van der Waals surface area contributed by atoms with Crippen LogP contribution in [0.25, 0.3) is 10.2 Å². The van der Waals surface area contributed by atoms with E-state index in [0.717, 1.165) is 28.7 Å². The maximum absolute atomic E-state index is 5.88. The number of quaternary nitrogens is 1. The number of hydrogen-bond acceptors (Lipinski definition) is 7. The van der Waals surface area contributed by atoms with Gasteiger partial charge in [0.25, 0.3) is 11.1 Å². The smallest absolute Gasteiger partial charge is 0.283 e. The quantitative estimate of drug-likeness (QED) is 0.707. The first-order chi connectivity index (χ1) is 12.4. The second kappa shape index (κ2) is 6.66. The topological polar surface area (TPSA) is 69.1 Å². The van der Waals surface area contributed by atoms with Gasteiger partial charge in [-0.2, -0.15) is 0 Å². The third-order valence-electron chi connectivity index (χ3n) is 5.06. The van der Waals surface area contributed by atoms with Gasteiger partial charge < -0.3 is 9.32 Å². The molecule has 1 N–H and O–H groups in total. The third kappa shape index (κ3) is 3.07. The summed E-state index contributed by atoms with van der Waals surface area (Å²) < 4.78 is 5.88. The molecule has 5 rings (SSSR count). The highest BCUT2D eigenvalue weighted by molar-refractivity contribution is 7.99. The molecule has 1 fully saturated rings. The zero-order valence-electron chi connectivity index (χ0n) is 14.0. The monoisotopic (exact) mass is 374 g/mol. The van der Waals surface area contributed by atoms with Gasteiger partial charge in [0.05, 0.1) is 13.1 Å². The molecular formula is C17H20N5OS2+. The minimum Gasteiger partial charge on any atom is -0.410 e. The molecule has 0 aromatic carbocycles. The Morgan fingerprint density at radius 3 is 2.88 bits per heavy atom. The normalized spacial score (nSPS) is 18.1. The Bertz CT molecular complexity index is 900. The molecule has 0 atom stereocenters. The summed E-state index contributed by atoms with van der Waals surface area (Å²) in [6, 6.07) is 0. The highest BCUT2D eigenvalue weighted by Crippen LogP contribution is 2.40. The van der Waals surface area contributed by atoms with Gasteiger partial charge in [-0.05, 0) is 43.0 Å². The van der Waals surface area contributed by atoms with E-state index in [0.29, 0.717) is 5.22 Å². The summed E-state index contributed by atoms with van der Waals surface area (Å²) in [4.78, 5) is 13.1. The summed E-state index contributed by atoms with van der Waals surface area (Å²) in [6.45, 7) is 3.25. The van der Waals surface area contributed by atoms with Gasteiger partial charge in [-0.1, -0.05) is 0 Å². The fourth-order valence-electron chi connectivity index (χ4n) is 3.84. The molecule has 6 nitrogen and oxygen atoms in total. The van der Waals surface area contributed by atoms with Crippen LogP contribution in [0.2, 0.25) is 0 Å². The highest BCUT2D eigenvalue weighted by Gasteiger charge is 2.23. The lowest BCUT2D eigenvalue weighted by Crippen LogP contribution is -3.08. The highest BCUT2D eigenvalue weighted by atomic mass is 32.2. The largest absolute Gasteiger partial charge is 0.410 e. The van der Waals surface area contributed by atoms with E-state index in [1.807, 2.05) is 11.3 Å². The van der Waals surface area contributed by atoms with Crippen molar-refractivity contribution < 1.29 is 9.32 Å². The molecule has 0 saturated carbocycles.